The van der Waals surface area contributed by atoms with Crippen molar-refractivity contribution in [1.29, 1.82) is 0 Å². The number of carbonyl (C=O) groups is 3. The molecular formula is C20H15I2NO5S. The van der Waals surface area contributed by atoms with Gasteiger partial charge in [0.1, 0.15) is 18.9 Å². The largest absolute Gasteiger partial charge is 0.487 e. The predicted molar refractivity (Wildman–Crippen MR) is 128 cm³/mol. The van der Waals surface area contributed by atoms with E-state index in [-0.39, 0.29) is 4.91 Å². The van der Waals surface area contributed by atoms with E-state index < -0.39 is 23.7 Å². The molecular weight excluding hydrogens is 620 g/mol. The Bertz CT molecular complexity index is 1010. The lowest BCUT2D eigenvalue weighted by molar-refractivity contribution is -0.140. The fraction of sp³-hybridized carbons (Fsp3) is 0.150. The minimum absolute atomic E-state index is 0.205. The van der Waals surface area contributed by atoms with Crippen molar-refractivity contribution in [3.05, 3.63) is 65.1 Å². The maximum Gasteiger partial charge on any atom is 0.323 e. The van der Waals surface area contributed by atoms with Gasteiger partial charge in [0.2, 0.25) is 0 Å². The number of imide groups is 1. The van der Waals surface area contributed by atoms with Crippen LogP contribution in [0.4, 0.5) is 4.79 Å². The fourth-order valence-corrected chi connectivity index (χ4v) is 5.65. The van der Waals surface area contributed by atoms with Crippen molar-refractivity contribution in [3.8, 4) is 5.75 Å². The van der Waals surface area contributed by atoms with Crippen LogP contribution in [0.25, 0.3) is 6.08 Å². The molecule has 0 aliphatic carbocycles. The molecule has 1 aliphatic heterocycles. The number of carbonyl (C=O) groups excluding carboxylic acids is 2. The van der Waals surface area contributed by atoms with Crippen LogP contribution >= 0.6 is 56.9 Å². The monoisotopic (exact) mass is 635 g/mol. The summed E-state index contributed by atoms with van der Waals surface area (Å²) in [6.07, 6.45) is 1.60. The van der Waals surface area contributed by atoms with Crippen molar-refractivity contribution >= 4 is 80.1 Å². The van der Waals surface area contributed by atoms with E-state index in [4.69, 9.17) is 9.84 Å². The van der Waals surface area contributed by atoms with Crippen molar-refractivity contribution < 1.29 is 24.2 Å². The Labute approximate surface area is 199 Å². The molecule has 0 saturated carbocycles. The molecule has 9 heteroatoms. The number of carboxylic acids is 1. The van der Waals surface area contributed by atoms with E-state index in [9.17, 15) is 14.4 Å². The lowest BCUT2D eigenvalue weighted by Gasteiger charge is -2.12. The number of aryl methyl sites for hydroxylation is 1. The number of ether oxygens (including phenoxy) is 1. The molecule has 150 valence electrons. The van der Waals surface area contributed by atoms with Gasteiger partial charge in [-0.2, -0.15) is 0 Å². The molecule has 0 atom stereocenters. The van der Waals surface area contributed by atoms with Crippen LogP contribution in [0.3, 0.4) is 0 Å². The summed E-state index contributed by atoms with van der Waals surface area (Å²) in [6, 6.07) is 11.8. The number of hydrogen-bond donors (Lipinski definition) is 1. The third-order valence-corrected chi connectivity index (χ3v) is 6.46. The highest BCUT2D eigenvalue weighted by atomic mass is 127. The summed E-state index contributed by atoms with van der Waals surface area (Å²) in [5.74, 6) is -1.07. The molecule has 1 N–H and O–H groups in total. The second-order valence-electron chi connectivity index (χ2n) is 6.25. The first-order chi connectivity index (χ1) is 13.7. The van der Waals surface area contributed by atoms with Crippen molar-refractivity contribution in [3.63, 3.8) is 0 Å². The van der Waals surface area contributed by atoms with Gasteiger partial charge in [0.15, 0.2) is 0 Å². The summed E-state index contributed by atoms with van der Waals surface area (Å²) in [5.41, 5.74) is 2.98. The summed E-state index contributed by atoms with van der Waals surface area (Å²) < 4.78 is 7.74. The van der Waals surface area contributed by atoms with Crippen LogP contribution in [0.2, 0.25) is 0 Å². The molecule has 1 fully saturated rings. The van der Waals surface area contributed by atoms with Gasteiger partial charge in [0.05, 0.1) is 12.0 Å². The first-order valence-electron chi connectivity index (χ1n) is 8.39. The van der Waals surface area contributed by atoms with Crippen LogP contribution in [-0.4, -0.2) is 33.7 Å². The lowest BCUT2D eigenvalue weighted by atomic mass is 10.1. The zero-order valence-corrected chi connectivity index (χ0v) is 20.3. The number of hydrogen-bond acceptors (Lipinski definition) is 5. The van der Waals surface area contributed by atoms with Crippen LogP contribution in [0.15, 0.2) is 41.3 Å². The SMILES string of the molecule is Cc1cccc(COc2c(I)cc(/C=C3/SC(=O)N(CC(=O)O)C3=O)cc2I)c1. The van der Waals surface area contributed by atoms with Crippen molar-refractivity contribution in [1.82, 2.24) is 4.90 Å². The number of carboxylic acid groups (broad SMARTS) is 1. The van der Waals surface area contributed by atoms with Crippen molar-refractivity contribution in [2.24, 2.45) is 0 Å². The van der Waals surface area contributed by atoms with Crippen LogP contribution < -0.4 is 4.74 Å². The Morgan fingerprint density at radius 2 is 1.90 bits per heavy atom. The second-order valence-corrected chi connectivity index (χ2v) is 9.57. The third-order valence-electron chi connectivity index (χ3n) is 3.95. The molecule has 2 aromatic rings. The predicted octanol–water partition coefficient (Wildman–Crippen LogP) is 4.90. The minimum atomic E-state index is -1.23. The topological polar surface area (TPSA) is 83.9 Å². The molecule has 2 aromatic carbocycles. The number of thioether (sulfide) groups is 1. The Hall–Kier alpha value is -1.60. The molecule has 0 unspecified atom stereocenters. The van der Waals surface area contributed by atoms with E-state index >= 15 is 0 Å². The molecule has 3 rings (SSSR count). The van der Waals surface area contributed by atoms with E-state index in [0.717, 1.165) is 40.7 Å². The number of rotatable bonds is 6. The fourth-order valence-electron chi connectivity index (χ4n) is 2.68. The van der Waals surface area contributed by atoms with Crippen molar-refractivity contribution in [2.75, 3.05) is 6.54 Å². The van der Waals surface area contributed by atoms with Gasteiger partial charge in [-0.3, -0.25) is 19.3 Å². The standard InChI is InChI=1S/C20H15I2NO5S/c1-11-3-2-4-12(5-11)10-28-18-14(21)6-13(7-15(18)22)8-16-19(26)23(9-17(24)25)20(27)29-16/h2-8H,9-10H2,1H3,(H,24,25)/b16-8+. The summed E-state index contributed by atoms with van der Waals surface area (Å²) in [4.78, 5) is 36.0. The van der Waals surface area contributed by atoms with E-state index in [0.29, 0.717) is 6.61 Å². The maximum atomic E-state index is 12.3. The third kappa shape index (κ3) is 5.51. The molecule has 0 spiro atoms. The summed E-state index contributed by atoms with van der Waals surface area (Å²) in [7, 11) is 0. The molecule has 0 bridgehead atoms. The highest BCUT2D eigenvalue weighted by Crippen LogP contribution is 2.35. The van der Waals surface area contributed by atoms with Gasteiger partial charge in [-0.15, -0.1) is 0 Å². The number of aliphatic carboxylic acids is 1. The quantitative estimate of drug-likeness (QED) is 0.359. The summed E-state index contributed by atoms with van der Waals surface area (Å²) in [5, 5.41) is 8.27. The number of amides is 2. The van der Waals surface area contributed by atoms with Gasteiger partial charge in [0.25, 0.3) is 11.1 Å². The Balaban J connectivity index is 1.78. The molecule has 0 radical (unpaired) electrons. The molecule has 29 heavy (non-hydrogen) atoms. The van der Waals surface area contributed by atoms with Crippen LogP contribution in [-0.2, 0) is 16.2 Å². The van der Waals surface area contributed by atoms with Gasteiger partial charge < -0.3 is 9.84 Å². The highest BCUT2D eigenvalue weighted by molar-refractivity contribution is 14.1. The minimum Gasteiger partial charge on any atom is -0.487 e. The van der Waals surface area contributed by atoms with E-state index in [1.807, 2.05) is 37.3 Å². The zero-order valence-electron chi connectivity index (χ0n) is 15.1. The van der Waals surface area contributed by atoms with Gasteiger partial charge in [-0.25, -0.2) is 0 Å². The lowest BCUT2D eigenvalue weighted by Crippen LogP contribution is -2.33. The molecule has 1 aliphatic rings. The molecule has 0 aromatic heterocycles. The van der Waals surface area contributed by atoms with Gasteiger partial charge >= 0.3 is 5.97 Å². The Kier molecular flexibility index (Phi) is 7.22. The second kappa shape index (κ2) is 9.47. The highest BCUT2D eigenvalue weighted by Gasteiger charge is 2.36. The molecule has 1 heterocycles. The van der Waals surface area contributed by atoms with Gasteiger partial charge in [-0.05, 0) is 93.2 Å². The first-order valence-corrected chi connectivity index (χ1v) is 11.4. The van der Waals surface area contributed by atoms with Gasteiger partial charge in [0, 0.05) is 0 Å². The summed E-state index contributed by atoms with van der Waals surface area (Å²) >= 11 is 5.08. The van der Waals surface area contributed by atoms with Crippen LogP contribution in [0, 0.1) is 14.1 Å². The average molecular weight is 635 g/mol. The maximum absolute atomic E-state index is 12.3. The number of benzene rings is 2. The van der Waals surface area contributed by atoms with Crippen LogP contribution in [0.5, 0.6) is 5.75 Å². The van der Waals surface area contributed by atoms with Gasteiger partial charge in [-0.1, -0.05) is 29.8 Å². The zero-order chi connectivity index (χ0) is 21.1. The molecule has 6 nitrogen and oxygen atoms in total. The van der Waals surface area contributed by atoms with E-state index in [1.165, 1.54) is 5.56 Å². The Morgan fingerprint density at radius 1 is 1.21 bits per heavy atom. The summed E-state index contributed by atoms with van der Waals surface area (Å²) in [6.45, 7) is 1.84. The molecule has 2 amide bonds. The normalized spacial score (nSPS) is 15.3. The average Bonchev–Trinajstić information content (AvgIpc) is 2.88. The smallest absolute Gasteiger partial charge is 0.323 e. The number of halogens is 2. The van der Waals surface area contributed by atoms with E-state index in [1.54, 1.807) is 6.08 Å². The first kappa shape index (κ1) is 22.1. The Morgan fingerprint density at radius 3 is 2.52 bits per heavy atom. The number of nitrogens with zero attached hydrogens (tertiary/aromatic N) is 1. The van der Waals surface area contributed by atoms with Crippen molar-refractivity contribution in [2.45, 2.75) is 13.5 Å². The molecule has 1 saturated heterocycles. The van der Waals surface area contributed by atoms with E-state index in [2.05, 4.69) is 51.2 Å². The van der Waals surface area contributed by atoms with Crippen LogP contribution in [0.1, 0.15) is 16.7 Å².